The van der Waals surface area contributed by atoms with Crippen LogP contribution in [0.2, 0.25) is 0 Å². The molecule has 0 aromatic carbocycles. The van der Waals surface area contributed by atoms with Crippen molar-refractivity contribution < 1.29 is 9.53 Å². The standard InChI is InChI=1S/C16H19N3O2S/c20-16(21-13-8-4-2-1-3-5-9-13)15-14(18-19-22-15)12-7-6-10-17-11-12/h6-7,10-11,13H,1-5,8-9H2. The van der Waals surface area contributed by atoms with Gasteiger partial charge >= 0.3 is 5.97 Å². The van der Waals surface area contributed by atoms with Crippen LogP contribution >= 0.6 is 11.5 Å². The zero-order valence-electron chi connectivity index (χ0n) is 12.4. The molecule has 3 rings (SSSR count). The van der Waals surface area contributed by atoms with E-state index in [2.05, 4.69) is 14.6 Å². The first-order chi connectivity index (χ1) is 10.8. The fourth-order valence-corrected chi connectivity index (χ4v) is 3.33. The monoisotopic (exact) mass is 317 g/mol. The predicted molar refractivity (Wildman–Crippen MR) is 84.7 cm³/mol. The van der Waals surface area contributed by atoms with Crippen molar-refractivity contribution >= 4 is 17.5 Å². The van der Waals surface area contributed by atoms with E-state index in [9.17, 15) is 4.79 Å². The molecule has 1 aliphatic rings. The van der Waals surface area contributed by atoms with Gasteiger partial charge in [-0.1, -0.05) is 23.8 Å². The minimum Gasteiger partial charge on any atom is -0.458 e. The molecule has 0 atom stereocenters. The minimum absolute atomic E-state index is 0.0247. The van der Waals surface area contributed by atoms with Gasteiger partial charge in [0.25, 0.3) is 0 Å². The van der Waals surface area contributed by atoms with Crippen molar-refractivity contribution in [1.29, 1.82) is 0 Å². The number of aromatic nitrogens is 3. The van der Waals surface area contributed by atoms with Gasteiger partial charge in [0.2, 0.25) is 0 Å². The van der Waals surface area contributed by atoms with Crippen LogP contribution in [0.3, 0.4) is 0 Å². The maximum absolute atomic E-state index is 12.5. The molecular weight excluding hydrogens is 298 g/mol. The number of nitrogens with zero attached hydrogens (tertiary/aromatic N) is 3. The third-order valence-electron chi connectivity index (χ3n) is 3.93. The van der Waals surface area contributed by atoms with E-state index < -0.39 is 0 Å². The van der Waals surface area contributed by atoms with Gasteiger partial charge in [-0.05, 0) is 49.3 Å². The zero-order chi connectivity index (χ0) is 15.2. The van der Waals surface area contributed by atoms with Crippen molar-refractivity contribution in [3.63, 3.8) is 0 Å². The Hall–Kier alpha value is -1.82. The smallest absolute Gasteiger partial charge is 0.352 e. The van der Waals surface area contributed by atoms with Crippen molar-refractivity contribution in [2.24, 2.45) is 0 Å². The summed E-state index contributed by atoms with van der Waals surface area (Å²) < 4.78 is 9.61. The molecule has 2 aromatic rings. The van der Waals surface area contributed by atoms with Crippen molar-refractivity contribution in [2.45, 2.75) is 51.0 Å². The number of esters is 1. The van der Waals surface area contributed by atoms with Gasteiger partial charge in [0.1, 0.15) is 11.8 Å². The van der Waals surface area contributed by atoms with Crippen LogP contribution in [0.25, 0.3) is 11.3 Å². The van der Waals surface area contributed by atoms with Gasteiger partial charge in [0.05, 0.1) is 0 Å². The molecule has 0 saturated heterocycles. The van der Waals surface area contributed by atoms with E-state index in [-0.39, 0.29) is 12.1 Å². The summed E-state index contributed by atoms with van der Waals surface area (Å²) in [6, 6.07) is 3.69. The first kappa shape index (κ1) is 15.1. The summed E-state index contributed by atoms with van der Waals surface area (Å²) in [5.74, 6) is -0.306. The normalized spacial score (nSPS) is 16.7. The van der Waals surface area contributed by atoms with Crippen LogP contribution in [0.4, 0.5) is 0 Å². The Morgan fingerprint density at radius 1 is 1.18 bits per heavy atom. The van der Waals surface area contributed by atoms with Crippen molar-refractivity contribution in [3.05, 3.63) is 29.4 Å². The fraction of sp³-hybridized carbons (Fsp3) is 0.500. The van der Waals surface area contributed by atoms with Gasteiger partial charge in [0, 0.05) is 18.0 Å². The molecule has 2 aromatic heterocycles. The summed E-state index contributed by atoms with van der Waals surface area (Å²) in [5, 5.41) is 4.06. The molecule has 2 heterocycles. The minimum atomic E-state index is -0.306. The Labute approximate surface area is 133 Å². The Morgan fingerprint density at radius 2 is 1.95 bits per heavy atom. The van der Waals surface area contributed by atoms with E-state index in [1.165, 1.54) is 19.3 Å². The third kappa shape index (κ3) is 3.68. The van der Waals surface area contributed by atoms with Gasteiger partial charge in [-0.25, -0.2) is 4.79 Å². The molecule has 0 unspecified atom stereocenters. The van der Waals surface area contributed by atoms with E-state index >= 15 is 0 Å². The van der Waals surface area contributed by atoms with Crippen LogP contribution in [0.5, 0.6) is 0 Å². The van der Waals surface area contributed by atoms with Gasteiger partial charge in [-0.3, -0.25) is 4.98 Å². The van der Waals surface area contributed by atoms with Gasteiger partial charge < -0.3 is 4.74 Å². The molecule has 22 heavy (non-hydrogen) atoms. The van der Waals surface area contributed by atoms with Crippen LogP contribution in [0.1, 0.15) is 54.6 Å². The highest BCUT2D eigenvalue weighted by Crippen LogP contribution is 2.26. The molecule has 0 amide bonds. The summed E-state index contributed by atoms with van der Waals surface area (Å²) in [7, 11) is 0. The highest BCUT2D eigenvalue weighted by Gasteiger charge is 2.23. The fourth-order valence-electron chi connectivity index (χ4n) is 2.76. The lowest BCUT2D eigenvalue weighted by Crippen LogP contribution is -2.19. The number of rotatable bonds is 3. The van der Waals surface area contributed by atoms with Crippen LogP contribution < -0.4 is 0 Å². The molecule has 116 valence electrons. The molecule has 1 aliphatic carbocycles. The number of carbonyl (C=O) groups is 1. The van der Waals surface area contributed by atoms with Crippen molar-refractivity contribution in [3.8, 4) is 11.3 Å². The number of ether oxygens (including phenoxy) is 1. The summed E-state index contributed by atoms with van der Waals surface area (Å²) in [6.07, 6.45) is 11.3. The summed E-state index contributed by atoms with van der Waals surface area (Å²) >= 11 is 1.09. The van der Waals surface area contributed by atoms with E-state index in [1.807, 2.05) is 12.1 Å². The Balaban J connectivity index is 1.71. The molecule has 0 N–H and O–H groups in total. The molecule has 0 aliphatic heterocycles. The van der Waals surface area contributed by atoms with E-state index in [4.69, 9.17) is 4.74 Å². The largest absolute Gasteiger partial charge is 0.458 e. The molecule has 6 heteroatoms. The van der Waals surface area contributed by atoms with E-state index in [0.29, 0.717) is 10.6 Å². The van der Waals surface area contributed by atoms with Gasteiger partial charge in [-0.2, -0.15) is 0 Å². The second-order valence-corrected chi connectivity index (χ2v) is 6.32. The first-order valence-electron chi connectivity index (χ1n) is 7.78. The van der Waals surface area contributed by atoms with Crippen molar-refractivity contribution in [2.75, 3.05) is 0 Å². The van der Waals surface area contributed by atoms with Crippen molar-refractivity contribution in [1.82, 2.24) is 14.6 Å². The third-order valence-corrected chi connectivity index (χ3v) is 4.64. The first-order valence-corrected chi connectivity index (χ1v) is 8.55. The average molecular weight is 317 g/mol. The molecule has 0 spiro atoms. The van der Waals surface area contributed by atoms with E-state index in [0.717, 1.165) is 42.8 Å². The Bertz CT molecular complexity index is 607. The molecule has 5 nitrogen and oxygen atoms in total. The Kier molecular flexibility index (Phi) is 5.11. The second kappa shape index (κ2) is 7.45. The van der Waals surface area contributed by atoms with E-state index in [1.54, 1.807) is 12.4 Å². The number of hydrogen-bond donors (Lipinski definition) is 0. The van der Waals surface area contributed by atoms with Crippen LogP contribution in [0, 0.1) is 0 Å². The van der Waals surface area contributed by atoms with Crippen LogP contribution in [-0.4, -0.2) is 26.6 Å². The molecule has 1 fully saturated rings. The summed E-state index contributed by atoms with van der Waals surface area (Å²) in [6.45, 7) is 0. The lowest BCUT2D eigenvalue weighted by atomic mass is 9.98. The predicted octanol–water partition coefficient (Wildman–Crippen LogP) is 3.87. The topological polar surface area (TPSA) is 65.0 Å². The van der Waals surface area contributed by atoms with Gasteiger partial charge in [0.15, 0.2) is 4.88 Å². The Morgan fingerprint density at radius 3 is 2.68 bits per heavy atom. The van der Waals surface area contributed by atoms with Crippen LogP contribution in [0.15, 0.2) is 24.5 Å². The molecule has 0 bridgehead atoms. The number of hydrogen-bond acceptors (Lipinski definition) is 6. The highest BCUT2D eigenvalue weighted by atomic mass is 32.1. The maximum Gasteiger partial charge on any atom is 0.352 e. The summed E-state index contributed by atoms with van der Waals surface area (Å²) in [5.41, 5.74) is 1.36. The quantitative estimate of drug-likeness (QED) is 0.804. The number of pyridine rings is 1. The zero-order valence-corrected chi connectivity index (χ0v) is 13.2. The molecule has 0 radical (unpaired) electrons. The molecular formula is C16H19N3O2S. The highest BCUT2D eigenvalue weighted by molar-refractivity contribution is 7.08. The lowest BCUT2D eigenvalue weighted by Gasteiger charge is -2.19. The van der Waals surface area contributed by atoms with Gasteiger partial charge in [-0.15, -0.1) is 5.10 Å². The summed E-state index contributed by atoms with van der Waals surface area (Å²) in [4.78, 5) is 17.0. The SMILES string of the molecule is O=C(OC1CCCCCCC1)c1snnc1-c1cccnc1. The van der Waals surface area contributed by atoms with Crippen LogP contribution in [-0.2, 0) is 4.74 Å². The average Bonchev–Trinajstić information content (AvgIpc) is 3.00. The lowest BCUT2D eigenvalue weighted by molar-refractivity contribution is 0.0245. The second-order valence-electron chi connectivity index (χ2n) is 5.56. The molecule has 1 saturated carbocycles. The maximum atomic E-state index is 12.5. The number of carbonyl (C=O) groups excluding carboxylic acids is 1.